The van der Waals surface area contributed by atoms with Crippen molar-refractivity contribution >= 4 is 0 Å². The van der Waals surface area contributed by atoms with Gasteiger partial charge in [0.05, 0.1) is 39.6 Å². The van der Waals surface area contributed by atoms with Crippen LogP contribution in [-0.2, 0) is 18.9 Å². The molecule has 0 amide bonds. The van der Waals surface area contributed by atoms with Crippen molar-refractivity contribution in [1.29, 1.82) is 0 Å². The van der Waals surface area contributed by atoms with Gasteiger partial charge >= 0.3 is 0 Å². The maximum absolute atomic E-state index is 5.36. The van der Waals surface area contributed by atoms with Gasteiger partial charge in [-0.3, -0.25) is 0 Å². The fourth-order valence-electron chi connectivity index (χ4n) is 1.03. The highest BCUT2D eigenvalue weighted by Crippen LogP contribution is 1.88. The van der Waals surface area contributed by atoms with Crippen LogP contribution in [0.2, 0.25) is 0 Å². The molecule has 2 N–H and O–H groups in total. The second kappa shape index (κ2) is 14.8. The van der Waals surface area contributed by atoms with Gasteiger partial charge in [0.2, 0.25) is 0 Å². The molecular formula is C11H25NO4. The highest BCUT2D eigenvalue weighted by molar-refractivity contribution is 4.39. The summed E-state index contributed by atoms with van der Waals surface area (Å²) in [6.07, 6.45) is 2.05. The topological polar surface area (TPSA) is 62.9 Å². The fourth-order valence-corrected chi connectivity index (χ4v) is 1.03. The molecule has 0 heterocycles. The predicted octanol–water partition coefficient (Wildman–Crippen LogP) is 0.422. The molecule has 5 nitrogen and oxygen atoms in total. The van der Waals surface area contributed by atoms with Crippen molar-refractivity contribution in [3.8, 4) is 0 Å². The molecule has 0 rings (SSSR count). The van der Waals surface area contributed by atoms with Crippen LogP contribution in [0.25, 0.3) is 0 Å². The Kier molecular flexibility index (Phi) is 14.6. The highest BCUT2D eigenvalue weighted by Gasteiger charge is 1.91. The van der Waals surface area contributed by atoms with E-state index in [1.807, 2.05) is 0 Å². The lowest BCUT2D eigenvalue weighted by Gasteiger charge is -2.06. The number of methoxy groups -OCH3 is 1. The molecule has 0 unspecified atom stereocenters. The summed E-state index contributed by atoms with van der Waals surface area (Å²) in [7, 11) is 1.65. The molecule has 5 heteroatoms. The third-order valence-electron chi connectivity index (χ3n) is 1.92. The van der Waals surface area contributed by atoms with Gasteiger partial charge in [0.1, 0.15) is 0 Å². The summed E-state index contributed by atoms with van der Waals surface area (Å²) in [5, 5.41) is 0. The molecule has 0 aliphatic carbocycles. The largest absolute Gasteiger partial charge is 0.382 e. The van der Waals surface area contributed by atoms with Crippen molar-refractivity contribution in [2.45, 2.75) is 12.8 Å². The molecule has 0 aliphatic heterocycles. The molecule has 0 aromatic rings. The van der Waals surface area contributed by atoms with Crippen LogP contribution in [0.5, 0.6) is 0 Å². The molecule has 16 heavy (non-hydrogen) atoms. The van der Waals surface area contributed by atoms with Gasteiger partial charge in [0, 0.05) is 13.7 Å². The number of hydrogen-bond donors (Lipinski definition) is 1. The minimum absolute atomic E-state index is 0.607. The number of hydrogen-bond acceptors (Lipinski definition) is 5. The average Bonchev–Trinajstić information content (AvgIpc) is 2.31. The first kappa shape index (κ1) is 15.8. The van der Waals surface area contributed by atoms with Gasteiger partial charge in [-0.2, -0.15) is 0 Å². The van der Waals surface area contributed by atoms with Crippen LogP contribution < -0.4 is 5.73 Å². The first-order chi connectivity index (χ1) is 7.91. The van der Waals surface area contributed by atoms with Crippen molar-refractivity contribution < 1.29 is 18.9 Å². The summed E-state index contributed by atoms with van der Waals surface area (Å²) in [5.41, 5.74) is 5.36. The molecular weight excluding hydrogens is 210 g/mol. The Balaban J connectivity index is 2.83. The highest BCUT2D eigenvalue weighted by atomic mass is 16.6. The van der Waals surface area contributed by atoms with Crippen molar-refractivity contribution in [2.75, 3.05) is 59.9 Å². The maximum Gasteiger partial charge on any atom is 0.0701 e. The minimum Gasteiger partial charge on any atom is -0.382 e. The summed E-state index contributed by atoms with van der Waals surface area (Å²) in [5.74, 6) is 0. The third-order valence-corrected chi connectivity index (χ3v) is 1.92. The molecule has 0 spiro atoms. The van der Waals surface area contributed by atoms with Crippen LogP contribution in [0.1, 0.15) is 12.8 Å². The van der Waals surface area contributed by atoms with Gasteiger partial charge in [-0.05, 0) is 19.4 Å². The molecule has 0 bridgehead atoms. The summed E-state index contributed by atoms with van der Waals surface area (Å²) in [6.45, 7) is 5.23. The van der Waals surface area contributed by atoms with E-state index in [1.165, 1.54) is 0 Å². The minimum atomic E-state index is 0.607. The lowest BCUT2D eigenvalue weighted by atomic mass is 10.3. The van der Waals surface area contributed by atoms with E-state index in [4.69, 9.17) is 24.7 Å². The quantitative estimate of drug-likeness (QED) is 0.469. The first-order valence-corrected chi connectivity index (χ1v) is 5.84. The van der Waals surface area contributed by atoms with E-state index in [0.717, 1.165) is 26.0 Å². The molecule has 0 radical (unpaired) electrons. The monoisotopic (exact) mass is 235 g/mol. The smallest absolute Gasteiger partial charge is 0.0701 e. The summed E-state index contributed by atoms with van der Waals surface area (Å²) < 4.78 is 20.7. The summed E-state index contributed by atoms with van der Waals surface area (Å²) in [4.78, 5) is 0. The van der Waals surface area contributed by atoms with E-state index in [2.05, 4.69) is 0 Å². The van der Waals surface area contributed by atoms with Gasteiger partial charge in [0.25, 0.3) is 0 Å². The Morgan fingerprint density at radius 2 is 1.19 bits per heavy atom. The summed E-state index contributed by atoms with van der Waals surface area (Å²) in [6, 6.07) is 0. The first-order valence-electron chi connectivity index (χ1n) is 5.84. The van der Waals surface area contributed by atoms with Crippen LogP contribution in [0.3, 0.4) is 0 Å². The van der Waals surface area contributed by atoms with Crippen LogP contribution in [0.15, 0.2) is 0 Å². The Morgan fingerprint density at radius 1 is 0.688 bits per heavy atom. The number of unbranched alkanes of at least 4 members (excludes halogenated alkanes) is 1. The van der Waals surface area contributed by atoms with E-state index >= 15 is 0 Å². The molecule has 0 aliphatic rings. The van der Waals surface area contributed by atoms with Gasteiger partial charge in [0.15, 0.2) is 0 Å². The molecule has 0 saturated heterocycles. The zero-order valence-electron chi connectivity index (χ0n) is 10.3. The second-order valence-corrected chi connectivity index (χ2v) is 3.33. The lowest BCUT2D eigenvalue weighted by Crippen LogP contribution is -2.11. The zero-order valence-corrected chi connectivity index (χ0v) is 10.3. The van der Waals surface area contributed by atoms with Crippen molar-refractivity contribution in [3.05, 3.63) is 0 Å². The Morgan fingerprint density at radius 3 is 1.69 bits per heavy atom. The Hall–Kier alpha value is -0.200. The van der Waals surface area contributed by atoms with Gasteiger partial charge in [-0.1, -0.05) is 0 Å². The van der Waals surface area contributed by atoms with E-state index in [0.29, 0.717) is 39.6 Å². The number of nitrogens with two attached hydrogens (primary N) is 1. The van der Waals surface area contributed by atoms with E-state index < -0.39 is 0 Å². The van der Waals surface area contributed by atoms with Gasteiger partial charge in [-0.15, -0.1) is 0 Å². The fraction of sp³-hybridized carbons (Fsp3) is 1.00. The van der Waals surface area contributed by atoms with Gasteiger partial charge < -0.3 is 24.7 Å². The molecule has 98 valence electrons. The molecule has 0 saturated carbocycles. The zero-order chi connectivity index (χ0) is 11.9. The normalized spacial score (nSPS) is 10.9. The van der Waals surface area contributed by atoms with Crippen LogP contribution in [-0.4, -0.2) is 59.9 Å². The SMILES string of the molecule is COCCOCCOCCOCCCCN. The second-order valence-electron chi connectivity index (χ2n) is 3.33. The molecule has 0 atom stereocenters. The van der Waals surface area contributed by atoms with Crippen molar-refractivity contribution in [2.24, 2.45) is 5.73 Å². The Labute approximate surface area is 98.2 Å². The molecule has 0 fully saturated rings. The van der Waals surface area contributed by atoms with Crippen LogP contribution >= 0.6 is 0 Å². The summed E-state index contributed by atoms with van der Waals surface area (Å²) >= 11 is 0. The lowest BCUT2D eigenvalue weighted by molar-refractivity contribution is 0.00332. The maximum atomic E-state index is 5.36. The standard InChI is InChI=1S/C11H25NO4/c1-13-6-7-15-10-11-16-9-8-14-5-3-2-4-12/h2-12H2,1H3. The third kappa shape index (κ3) is 13.8. The van der Waals surface area contributed by atoms with Crippen molar-refractivity contribution in [1.82, 2.24) is 0 Å². The van der Waals surface area contributed by atoms with Crippen LogP contribution in [0.4, 0.5) is 0 Å². The molecule has 0 aromatic carbocycles. The number of rotatable bonds is 13. The van der Waals surface area contributed by atoms with E-state index in [-0.39, 0.29) is 0 Å². The van der Waals surface area contributed by atoms with Crippen LogP contribution in [0, 0.1) is 0 Å². The molecule has 0 aromatic heterocycles. The Bertz CT molecular complexity index is 111. The van der Waals surface area contributed by atoms with Crippen molar-refractivity contribution in [3.63, 3.8) is 0 Å². The average molecular weight is 235 g/mol. The number of ether oxygens (including phenoxy) is 4. The van der Waals surface area contributed by atoms with Gasteiger partial charge in [-0.25, -0.2) is 0 Å². The van der Waals surface area contributed by atoms with E-state index in [1.54, 1.807) is 7.11 Å². The van der Waals surface area contributed by atoms with E-state index in [9.17, 15) is 0 Å². The predicted molar refractivity (Wildman–Crippen MR) is 62.6 cm³/mol.